The molecule has 1 saturated carbocycles. The van der Waals surface area contributed by atoms with Crippen LogP contribution in [0, 0.1) is 6.92 Å². The Hall–Kier alpha value is -1.35. The monoisotopic (exact) mass is 260 g/mol. The first-order valence-electron chi connectivity index (χ1n) is 7.08. The van der Waals surface area contributed by atoms with Gasteiger partial charge >= 0.3 is 0 Å². The zero-order chi connectivity index (χ0) is 13.3. The van der Waals surface area contributed by atoms with E-state index in [-0.39, 0.29) is 11.7 Å². The molecule has 2 fully saturated rings. The van der Waals surface area contributed by atoms with Crippen LogP contribution in [0.25, 0.3) is 0 Å². The molecule has 1 unspecified atom stereocenters. The molecule has 1 aliphatic carbocycles. The van der Waals surface area contributed by atoms with Crippen LogP contribution in [0.5, 0.6) is 5.75 Å². The van der Waals surface area contributed by atoms with E-state index in [1.807, 2.05) is 25.1 Å². The summed E-state index contributed by atoms with van der Waals surface area (Å²) in [6.07, 6.45) is 6.49. The maximum absolute atomic E-state index is 11.1. The maximum Gasteiger partial charge on any atom is 0.153 e. The Morgan fingerprint density at radius 2 is 2.26 bits per heavy atom. The van der Waals surface area contributed by atoms with E-state index in [9.17, 15) is 4.79 Å². The number of ether oxygens (including phenoxy) is 2. The van der Waals surface area contributed by atoms with Crippen LogP contribution < -0.4 is 4.74 Å². The van der Waals surface area contributed by atoms with Crippen molar-refractivity contribution in [3.8, 4) is 5.75 Å². The van der Waals surface area contributed by atoms with Crippen LogP contribution in [0.15, 0.2) is 18.2 Å². The molecule has 1 saturated heterocycles. The highest BCUT2D eigenvalue weighted by Crippen LogP contribution is 2.43. The first-order valence-corrected chi connectivity index (χ1v) is 7.08. The fraction of sp³-hybridized carbons (Fsp3) is 0.562. The van der Waals surface area contributed by atoms with Gasteiger partial charge in [0.15, 0.2) is 6.29 Å². The molecule has 3 rings (SSSR count). The zero-order valence-electron chi connectivity index (χ0n) is 11.4. The van der Waals surface area contributed by atoms with Gasteiger partial charge in [0, 0.05) is 12.8 Å². The molecule has 3 heteroatoms. The number of benzene rings is 1. The van der Waals surface area contributed by atoms with Crippen molar-refractivity contribution in [2.75, 3.05) is 6.61 Å². The van der Waals surface area contributed by atoms with Crippen molar-refractivity contribution in [1.29, 1.82) is 0 Å². The van der Waals surface area contributed by atoms with Gasteiger partial charge in [0.25, 0.3) is 0 Å². The molecule has 2 aliphatic rings. The van der Waals surface area contributed by atoms with Crippen molar-refractivity contribution >= 4 is 6.29 Å². The van der Waals surface area contributed by atoms with Crippen LogP contribution in [-0.4, -0.2) is 24.6 Å². The van der Waals surface area contributed by atoms with E-state index in [1.165, 1.54) is 6.42 Å². The molecule has 1 aromatic rings. The standard InChI is InChI=1S/C16H20O3/c1-12-4-2-5-13(11-17)15(12)19-14-6-9-18-16(10-14)7-3-8-16/h2,4-5,11,14H,3,6-10H2,1H3. The summed E-state index contributed by atoms with van der Waals surface area (Å²) in [5.41, 5.74) is 1.75. The van der Waals surface area contributed by atoms with E-state index in [4.69, 9.17) is 9.47 Å². The minimum atomic E-state index is 0.0763. The Morgan fingerprint density at radius 3 is 2.95 bits per heavy atom. The van der Waals surface area contributed by atoms with Gasteiger partial charge in [0.2, 0.25) is 0 Å². The first-order chi connectivity index (χ1) is 9.22. The molecular weight excluding hydrogens is 240 g/mol. The topological polar surface area (TPSA) is 35.5 Å². The van der Waals surface area contributed by atoms with E-state index in [0.29, 0.717) is 5.56 Å². The van der Waals surface area contributed by atoms with Crippen molar-refractivity contribution in [2.24, 2.45) is 0 Å². The minimum Gasteiger partial charge on any atom is -0.489 e. The number of hydrogen-bond donors (Lipinski definition) is 0. The molecule has 0 N–H and O–H groups in total. The fourth-order valence-corrected chi connectivity index (χ4v) is 3.10. The molecule has 0 bridgehead atoms. The summed E-state index contributed by atoms with van der Waals surface area (Å²) in [4.78, 5) is 11.1. The number of aldehydes is 1. The zero-order valence-corrected chi connectivity index (χ0v) is 11.4. The van der Waals surface area contributed by atoms with Gasteiger partial charge in [-0.25, -0.2) is 0 Å². The Morgan fingerprint density at radius 1 is 1.42 bits per heavy atom. The maximum atomic E-state index is 11.1. The number of rotatable bonds is 3. The van der Waals surface area contributed by atoms with Gasteiger partial charge in [0.05, 0.1) is 17.8 Å². The van der Waals surface area contributed by atoms with Crippen molar-refractivity contribution in [3.05, 3.63) is 29.3 Å². The van der Waals surface area contributed by atoms with Crippen LogP contribution >= 0.6 is 0 Å². The van der Waals surface area contributed by atoms with Crippen LogP contribution in [0.2, 0.25) is 0 Å². The summed E-state index contributed by atoms with van der Waals surface area (Å²) in [6.45, 7) is 2.76. The minimum absolute atomic E-state index is 0.0763. The second-order valence-electron chi connectivity index (χ2n) is 5.73. The van der Waals surface area contributed by atoms with Gasteiger partial charge in [-0.2, -0.15) is 0 Å². The summed E-state index contributed by atoms with van der Waals surface area (Å²) in [5.74, 6) is 0.749. The SMILES string of the molecule is Cc1cccc(C=O)c1OC1CCOC2(CCC2)C1. The van der Waals surface area contributed by atoms with E-state index < -0.39 is 0 Å². The number of carbonyl (C=O) groups excluding carboxylic acids is 1. The quantitative estimate of drug-likeness (QED) is 0.782. The molecule has 19 heavy (non-hydrogen) atoms. The lowest BCUT2D eigenvalue weighted by Gasteiger charge is -2.47. The predicted octanol–water partition coefficient (Wildman–Crippen LogP) is 3.29. The highest BCUT2D eigenvalue weighted by Gasteiger charge is 2.43. The van der Waals surface area contributed by atoms with Crippen molar-refractivity contribution in [1.82, 2.24) is 0 Å². The van der Waals surface area contributed by atoms with Crippen LogP contribution in [0.1, 0.15) is 48.0 Å². The number of carbonyl (C=O) groups is 1. The van der Waals surface area contributed by atoms with E-state index in [1.54, 1.807) is 0 Å². The Balaban J connectivity index is 1.76. The lowest BCUT2D eigenvalue weighted by atomic mass is 9.74. The van der Waals surface area contributed by atoms with Crippen molar-refractivity contribution in [2.45, 2.75) is 50.7 Å². The molecule has 3 nitrogen and oxygen atoms in total. The molecular formula is C16H20O3. The predicted molar refractivity (Wildman–Crippen MR) is 72.8 cm³/mol. The van der Waals surface area contributed by atoms with Gasteiger partial charge in [-0.15, -0.1) is 0 Å². The molecule has 1 heterocycles. The van der Waals surface area contributed by atoms with Crippen molar-refractivity contribution < 1.29 is 14.3 Å². The number of para-hydroxylation sites is 1. The van der Waals surface area contributed by atoms with Gasteiger partial charge in [-0.1, -0.05) is 12.1 Å². The molecule has 1 aliphatic heterocycles. The van der Waals surface area contributed by atoms with Crippen molar-refractivity contribution in [3.63, 3.8) is 0 Å². The molecule has 1 atom stereocenters. The summed E-state index contributed by atoms with van der Waals surface area (Å²) < 4.78 is 12.0. The third-order valence-electron chi connectivity index (χ3n) is 4.37. The lowest BCUT2D eigenvalue weighted by molar-refractivity contribution is -0.153. The average Bonchev–Trinajstić information content (AvgIpc) is 2.40. The average molecular weight is 260 g/mol. The second kappa shape index (κ2) is 4.97. The largest absolute Gasteiger partial charge is 0.489 e. The first kappa shape index (κ1) is 12.7. The van der Waals surface area contributed by atoms with Gasteiger partial charge < -0.3 is 9.47 Å². The summed E-state index contributed by atoms with van der Waals surface area (Å²) in [7, 11) is 0. The van der Waals surface area contributed by atoms with Gasteiger partial charge in [0.1, 0.15) is 11.9 Å². The normalized spacial score (nSPS) is 24.8. The molecule has 0 amide bonds. The summed E-state index contributed by atoms with van der Waals surface area (Å²) in [5, 5.41) is 0. The molecule has 0 aromatic heterocycles. The summed E-state index contributed by atoms with van der Waals surface area (Å²) in [6, 6.07) is 5.69. The molecule has 1 aromatic carbocycles. The van der Waals surface area contributed by atoms with Crippen LogP contribution in [-0.2, 0) is 4.74 Å². The van der Waals surface area contributed by atoms with E-state index in [0.717, 1.165) is 49.9 Å². The smallest absolute Gasteiger partial charge is 0.153 e. The lowest BCUT2D eigenvalue weighted by Crippen LogP contribution is -2.48. The fourth-order valence-electron chi connectivity index (χ4n) is 3.10. The number of hydrogen-bond acceptors (Lipinski definition) is 3. The van der Waals surface area contributed by atoms with Crippen LogP contribution in [0.4, 0.5) is 0 Å². The highest BCUT2D eigenvalue weighted by atomic mass is 16.5. The van der Waals surface area contributed by atoms with E-state index >= 15 is 0 Å². The third-order valence-corrected chi connectivity index (χ3v) is 4.37. The van der Waals surface area contributed by atoms with E-state index in [2.05, 4.69) is 0 Å². The highest BCUT2D eigenvalue weighted by molar-refractivity contribution is 5.80. The molecule has 102 valence electrons. The van der Waals surface area contributed by atoms with Crippen LogP contribution in [0.3, 0.4) is 0 Å². The third kappa shape index (κ3) is 2.39. The number of aryl methyl sites for hydroxylation is 1. The summed E-state index contributed by atoms with van der Waals surface area (Å²) >= 11 is 0. The molecule has 0 radical (unpaired) electrons. The Bertz CT molecular complexity index is 477. The van der Waals surface area contributed by atoms with Gasteiger partial charge in [-0.3, -0.25) is 4.79 Å². The molecule has 1 spiro atoms. The second-order valence-corrected chi connectivity index (χ2v) is 5.73. The Labute approximate surface area is 113 Å². The van der Waals surface area contributed by atoms with Gasteiger partial charge in [-0.05, 0) is 37.8 Å². The Kier molecular flexibility index (Phi) is 3.31.